The van der Waals surface area contributed by atoms with Crippen molar-refractivity contribution in [1.82, 2.24) is 4.98 Å². The van der Waals surface area contributed by atoms with E-state index in [1.807, 2.05) is 18.2 Å². The lowest BCUT2D eigenvalue weighted by Gasteiger charge is -2.15. The molecule has 4 rings (SSSR count). The van der Waals surface area contributed by atoms with Crippen LogP contribution >= 0.6 is 15.9 Å². The lowest BCUT2D eigenvalue weighted by molar-refractivity contribution is 1.36. The van der Waals surface area contributed by atoms with Crippen LogP contribution in [0.4, 0.5) is 0 Å². The topological polar surface area (TPSA) is 12.9 Å². The smallest absolute Gasteiger partial charge is 0.0857 e. The molecule has 0 atom stereocenters. The predicted molar refractivity (Wildman–Crippen MR) is 110 cm³/mol. The first-order valence-electron chi connectivity index (χ1n) is 8.36. The van der Waals surface area contributed by atoms with Gasteiger partial charge < -0.3 is 0 Å². The largest absolute Gasteiger partial charge is 0.247 e. The van der Waals surface area contributed by atoms with Crippen molar-refractivity contribution in [3.05, 3.63) is 88.4 Å². The summed E-state index contributed by atoms with van der Waals surface area (Å²) in [4.78, 5) is 4.94. The molecule has 2 heteroatoms. The first-order chi connectivity index (χ1) is 12.1. The third-order valence-corrected chi connectivity index (χ3v) is 5.24. The second kappa shape index (κ2) is 6.45. The van der Waals surface area contributed by atoms with E-state index in [4.69, 9.17) is 4.98 Å². The Morgan fingerprint density at radius 1 is 0.720 bits per heavy atom. The van der Waals surface area contributed by atoms with E-state index in [1.54, 1.807) is 0 Å². The quantitative estimate of drug-likeness (QED) is 0.362. The minimum absolute atomic E-state index is 0.979. The predicted octanol–water partition coefficient (Wildman–Crippen LogP) is 6.95. The Morgan fingerprint density at radius 3 is 2.12 bits per heavy atom. The van der Waals surface area contributed by atoms with Crippen molar-refractivity contribution in [2.45, 2.75) is 13.8 Å². The molecule has 1 heterocycles. The Balaban J connectivity index is 2.09. The summed E-state index contributed by atoms with van der Waals surface area (Å²) in [5.74, 6) is 0. The highest BCUT2D eigenvalue weighted by Gasteiger charge is 2.16. The van der Waals surface area contributed by atoms with E-state index < -0.39 is 0 Å². The second-order valence-electron chi connectivity index (χ2n) is 6.40. The summed E-state index contributed by atoms with van der Waals surface area (Å²) < 4.78 is 1.04. The lowest BCUT2D eigenvalue weighted by atomic mass is 9.96. The standard InChI is InChI=1S/C23H18BrN/c1-15-8-11-17(12-9-15)21-19-14-16(2)10-13-20(19)25-23(22(21)24)18-6-4-3-5-7-18/h3-14H,1-2H3. The maximum Gasteiger partial charge on any atom is 0.0857 e. The average molecular weight is 388 g/mol. The fraction of sp³-hybridized carbons (Fsp3) is 0.0870. The van der Waals surface area contributed by atoms with Crippen LogP contribution in [-0.4, -0.2) is 4.98 Å². The summed E-state index contributed by atoms with van der Waals surface area (Å²) in [6, 6.07) is 25.5. The molecule has 4 aromatic rings. The van der Waals surface area contributed by atoms with Gasteiger partial charge in [0.15, 0.2) is 0 Å². The number of aryl methyl sites for hydroxylation is 2. The van der Waals surface area contributed by atoms with Crippen LogP contribution in [0.25, 0.3) is 33.3 Å². The molecule has 1 aromatic heterocycles. The molecular weight excluding hydrogens is 370 g/mol. The van der Waals surface area contributed by atoms with Crippen molar-refractivity contribution < 1.29 is 0 Å². The molecule has 0 aliphatic carbocycles. The first-order valence-corrected chi connectivity index (χ1v) is 9.15. The fourth-order valence-corrected chi connectivity index (χ4v) is 3.90. The van der Waals surface area contributed by atoms with Crippen molar-refractivity contribution in [3.63, 3.8) is 0 Å². The molecule has 0 saturated carbocycles. The Hall–Kier alpha value is -2.45. The summed E-state index contributed by atoms with van der Waals surface area (Å²) in [5, 5.41) is 1.18. The van der Waals surface area contributed by atoms with Gasteiger partial charge in [-0.15, -0.1) is 0 Å². The highest BCUT2D eigenvalue weighted by atomic mass is 79.9. The molecule has 0 radical (unpaired) electrons. The van der Waals surface area contributed by atoms with Crippen LogP contribution in [0.1, 0.15) is 11.1 Å². The summed E-state index contributed by atoms with van der Waals surface area (Å²) in [6.45, 7) is 4.24. The number of pyridine rings is 1. The number of fused-ring (bicyclic) bond motifs is 1. The van der Waals surface area contributed by atoms with Crippen LogP contribution in [0, 0.1) is 13.8 Å². The summed E-state index contributed by atoms with van der Waals surface area (Å²) >= 11 is 3.86. The molecular formula is C23H18BrN. The number of hydrogen-bond donors (Lipinski definition) is 0. The van der Waals surface area contributed by atoms with Crippen molar-refractivity contribution >= 4 is 26.8 Å². The van der Waals surface area contributed by atoms with Gasteiger partial charge in [0.2, 0.25) is 0 Å². The molecule has 0 bridgehead atoms. The van der Waals surface area contributed by atoms with Gasteiger partial charge in [0.1, 0.15) is 0 Å². The molecule has 0 amide bonds. The summed E-state index contributed by atoms with van der Waals surface area (Å²) in [5.41, 5.74) is 8.01. The SMILES string of the molecule is Cc1ccc(-c2c(Br)c(-c3ccccc3)nc3ccc(C)cc23)cc1. The van der Waals surface area contributed by atoms with Gasteiger partial charge in [-0.05, 0) is 47.5 Å². The zero-order chi connectivity index (χ0) is 17.4. The van der Waals surface area contributed by atoms with E-state index in [0.717, 1.165) is 21.2 Å². The van der Waals surface area contributed by atoms with Gasteiger partial charge in [0, 0.05) is 16.5 Å². The second-order valence-corrected chi connectivity index (χ2v) is 7.20. The Bertz CT molecular complexity index is 1050. The van der Waals surface area contributed by atoms with E-state index in [9.17, 15) is 0 Å². The number of nitrogens with zero attached hydrogens (tertiary/aromatic N) is 1. The van der Waals surface area contributed by atoms with Crippen LogP contribution in [0.15, 0.2) is 77.3 Å². The molecule has 0 saturated heterocycles. The van der Waals surface area contributed by atoms with E-state index in [1.165, 1.54) is 27.6 Å². The average Bonchev–Trinajstić information content (AvgIpc) is 2.63. The van der Waals surface area contributed by atoms with Gasteiger partial charge in [0.25, 0.3) is 0 Å². The molecule has 0 aliphatic heterocycles. The number of aromatic nitrogens is 1. The van der Waals surface area contributed by atoms with Crippen LogP contribution in [-0.2, 0) is 0 Å². The maximum absolute atomic E-state index is 4.94. The number of rotatable bonds is 2. The minimum Gasteiger partial charge on any atom is -0.247 e. The maximum atomic E-state index is 4.94. The van der Waals surface area contributed by atoms with Crippen LogP contribution in [0.3, 0.4) is 0 Å². The highest BCUT2D eigenvalue weighted by molar-refractivity contribution is 9.10. The van der Waals surface area contributed by atoms with E-state index >= 15 is 0 Å². The van der Waals surface area contributed by atoms with Crippen molar-refractivity contribution in [3.8, 4) is 22.4 Å². The monoisotopic (exact) mass is 387 g/mol. The van der Waals surface area contributed by atoms with Gasteiger partial charge in [-0.3, -0.25) is 0 Å². The fourth-order valence-electron chi connectivity index (χ4n) is 3.14. The van der Waals surface area contributed by atoms with Crippen LogP contribution in [0.2, 0.25) is 0 Å². The molecule has 0 N–H and O–H groups in total. The molecule has 0 unspecified atom stereocenters. The van der Waals surface area contributed by atoms with Crippen molar-refractivity contribution in [1.29, 1.82) is 0 Å². The molecule has 122 valence electrons. The van der Waals surface area contributed by atoms with Crippen molar-refractivity contribution in [2.24, 2.45) is 0 Å². The zero-order valence-electron chi connectivity index (χ0n) is 14.3. The molecule has 0 aliphatic rings. The number of halogens is 1. The van der Waals surface area contributed by atoms with Crippen molar-refractivity contribution in [2.75, 3.05) is 0 Å². The Kier molecular flexibility index (Phi) is 4.14. The molecule has 0 fully saturated rings. The van der Waals surface area contributed by atoms with Gasteiger partial charge in [0.05, 0.1) is 15.7 Å². The van der Waals surface area contributed by atoms with Gasteiger partial charge in [-0.2, -0.15) is 0 Å². The third kappa shape index (κ3) is 2.98. The van der Waals surface area contributed by atoms with E-state index in [2.05, 4.69) is 84.4 Å². The van der Waals surface area contributed by atoms with E-state index in [-0.39, 0.29) is 0 Å². The molecule has 3 aromatic carbocycles. The lowest BCUT2D eigenvalue weighted by Crippen LogP contribution is -1.93. The zero-order valence-corrected chi connectivity index (χ0v) is 15.8. The Labute approximate surface area is 156 Å². The number of hydrogen-bond acceptors (Lipinski definition) is 1. The number of benzene rings is 3. The Morgan fingerprint density at radius 2 is 1.40 bits per heavy atom. The molecule has 0 spiro atoms. The van der Waals surface area contributed by atoms with Gasteiger partial charge >= 0.3 is 0 Å². The summed E-state index contributed by atoms with van der Waals surface area (Å²) in [7, 11) is 0. The molecule has 1 nitrogen and oxygen atoms in total. The first kappa shape index (κ1) is 16.0. The molecule has 25 heavy (non-hydrogen) atoms. The van der Waals surface area contributed by atoms with Gasteiger partial charge in [-0.1, -0.05) is 71.8 Å². The highest BCUT2D eigenvalue weighted by Crippen LogP contribution is 2.40. The minimum atomic E-state index is 0.979. The van der Waals surface area contributed by atoms with Crippen LogP contribution in [0.5, 0.6) is 0 Å². The van der Waals surface area contributed by atoms with Gasteiger partial charge in [-0.25, -0.2) is 4.98 Å². The third-order valence-electron chi connectivity index (χ3n) is 4.47. The normalized spacial score (nSPS) is 11.0. The van der Waals surface area contributed by atoms with Crippen LogP contribution < -0.4 is 0 Å². The summed E-state index contributed by atoms with van der Waals surface area (Å²) in [6.07, 6.45) is 0. The van der Waals surface area contributed by atoms with E-state index in [0.29, 0.717) is 0 Å².